The molecule has 172 valence electrons. The summed E-state index contributed by atoms with van der Waals surface area (Å²) in [6.07, 6.45) is 0. The van der Waals surface area contributed by atoms with E-state index < -0.39 is 16.6 Å². The first-order chi connectivity index (χ1) is 16.3. The molecule has 0 spiro atoms. The lowest BCUT2D eigenvalue weighted by molar-refractivity contribution is -0.385. The Balaban J connectivity index is 1.56. The number of benzene rings is 3. The number of nitrogens with one attached hydrogen (secondary N) is 2. The van der Waals surface area contributed by atoms with E-state index in [-0.39, 0.29) is 39.3 Å². The molecular weight excluding hydrogens is 468 g/mol. The largest absolute Gasteiger partial charge is 0.493 e. The fourth-order valence-corrected chi connectivity index (χ4v) is 3.20. The van der Waals surface area contributed by atoms with Crippen LogP contribution in [0.15, 0.2) is 70.0 Å². The van der Waals surface area contributed by atoms with Crippen molar-refractivity contribution < 1.29 is 23.7 Å². The number of anilines is 1. The highest BCUT2D eigenvalue weighted by Gasteiger charge is 2.19. The van der Waals surface area contributed by atoms with E-state index in [4.69, 9.17) is 21.1 Å². The number of hydrogen-bond acceptors (Lipinski definition) is 8. The van der Waals surface area contributed by atoms with Gasteiger partial charge in [-0.2, -0.15) is 0 Å². The second kappa shape index (κ2) is 9.46. The van der Waals surface area contributed by atoms with Gasteiger partial charge in [-0.15, -0.1) is 0 Å². The van der Waals surface area contributed by atoms with Crippen molar-refractivity contribution in [1.29, 1.82) is 0 Å². The molecular formula is C22H15ClN4O7. The van der Waals surface area contributed by atoms with Crippen LogP contribution in [0, 0.1) is 10.1 Å². The van der Waals surface area contributed by atoms with Crippen LogP contribution in [-0.2, 0) is 0 Å². The minimum absolute atomic E-state index is 0.0346. The molecule has 1 amide bonds. The predicted octanol–water partition coefficient (Wildman–Crippen LogP) is 4.64. The fraction of sp³-hybridized carbons (Fsp3) is 0.0455. The molecule has 0 aliphatic heterocycles. The van der Waals surface area contributed by atoms with Crippen molar-refractivity contribution in [3.05, 3.63) is 91.9 Å². The van der Waals surface area contributed by atoms with Crippen molar-refractivity contribution in [2.45, 2.75) is 0 Å². The number of nitrogens with zero attached hydrogens (tertiary/aromatic N) is 2. The highest BCUT2D eigenvalue weighted by atomic mass is 35.5. The molecule has 0 radical (unpaired) electrons. The lowest BCUT2D eigenvalue weighted by atomic mass is 10.1. The molecule has 0 fully saturated rings. The number of carbonyl (C=O) groups excluding carboxylic acids is 1. The van der Waals surface area contributed by atoms with Gasteiger partial charge in [0.15, 0.2) is 17.3 Å². The molecule has 0 saturated heterocycles. The molecule has 4 rings (SSSR count). The molecule has 0 aliphatic carbocycles. The highest BCUT2D eigenvalue weighted by Crippen LogP contribution is 2.38. The van der Waals surface area contributed by atoms with E-state index in [1.165, 1.54) is 43.5 Å². The number of halogens is 1. The molecule has 1 heterocycles. The van der Waals surface area contributed by atoms with Crippen molar-refractivity contribution in [2.24, 2.45) is 0 Å². The molecule has 0 atom stereocenters. The number of hydrogen-bond donors (Lipinski definition) is 2. The third-order valence-corrected chi connectivity index (χ3v) is 4.83. The number of amides is 1. The summed E-state index contributed by atoms with van der Waals surface area (Å²) in [6.45, 7) is 0. The number of rotatable bonds is 7. The highest BCUT2D eigenvalue weighted by molar-refractivity contribution is 6.30. The molecule has 3 aromatic carbocycles. The lowest BCUT2D eigenvalue weighted by Crippen LogP contribution is -2.12. The quantitative estimate of drug-likeness (QED) is 0.285. The summed E-state index contributed by atoms with van der Waals surface area (Å²) in [5.41, 5.74) is 0.914. The normalized spacial score (nSPS) is 10.5. The van der Waals surface area contributed by atoms with Gasteiger partial charge in [0, 0.05) is 27.9 Å². The maximum absolute atomic E-state index is 12.8. The van der Waals surface area contributed by atoms with Gasteiger partial charge < -0.3 is 14.8 Å². The van der Waals surface area contributed by atoms with Crippen LogP contribution in [0.5, 0.6) is 17.2 Å². The standard InChI is InChI=1S/C22H15ClN4O7/c1-32-19-10-13(5-7-18(19)33-17-8-6-14(23)11-16(17)27(30)31)21(28)24-15-4-2-3-12(9-15)20-25-22(29)34-26-20/h2-11H,1H3,(H,24,28)(H,25,26,29). The summed E-state index contributed by atoms with van der Waals surface area (Å²) in [5, 5.41) is 17.9. The van der Waals surface area contributed by atoms with E-state index in [1.807, 2.05) is 0 Å². The molecule has 4 aromatic rings. The smallest absolute Gasteiger partial charge is 0.439 e. The molecule has 11 nitrogen and oxygen atoms in total. The SMILES string of the molecule is COc1cc(C(=O)Nc2cccc(-c3noc(=O)[nH]3)c2)ccc1Oc1ccc(Cl)cc1[N+](=O)[O-]. The molecule has 0 aliphatic rings. The number of nitro groups is 1. The molecule has 2 N–H and O–H groups in total. The van der Waals surface area contributed by atoms with Crippen LogP contribution in [0.25, 0.3) is 11.4 Å². The van der Waals surface area contributed by atoms with Crippen LogP contribution in [0.1, 0.15) is 10.4 Å². The van der Waals surface area contributed by atoms with Gasteiger partial charge in [-0.1, -0.05) is 28.9 Å². The van der Waals surface area contributed by atoms with Crippen LogP contribution in [0.2, 0.25) is 5.02 Å². The fourth-order valence-electron chi connectivity index (χ4n) is 3.03. The van der Waals surface area contributed by atoms with Crippen molar-refractivity contribution >= 4 is 28.9 Å². The number of aromatic amines is 1. The van der Waals surface area contributed by atoms with Crippen molar-refractivity contribution in [2.75, 3.05) is 12.4 Å². The number of methoxy groups -OCH3 is 1. The molecule has 1 aromatic heterocycles. The van der Waals surface area contributed by atoms with Gasteiger partial charge in [-0.05, 0) is 42.5 Å². The van der Waals surface area contributed by atoms with Crippen molar-refractivity contribution in [3.63, 3.8) is 0 Å². The van der Waals surface area contributed by atoms with Gasteiger partial charge in [-0.3, -0.25) is 24.4 Å². The molecule has 0 unspecified atom stereocenters. The Labute approximate surface area is 196 Å². The molecule has 0 saturated carbocycles. The second-order valence-corrected chi connectivity index (χ2v) is 7.25. The second-order valence-electron chi connectivity index (χ2n) is 6.82. The number of H-pyrrole nitrogens is 1. The van der Waals surface area contributed by atoms with Crippen LogP contribution < -0.4 is 20.5 Å². The maximum atomic E-state index is 12.8. The Hall–Kier alpha value is -4.64. The Morgan fingerprint density at radius 2 is 1.91 bits per heavy atom. The van der Waals surface area contributed by atoms with Crippen LogP contribution >= 0.6 is 11.6 Å². The van der Waals surface area contributed by atoms with E-state index >= 15 is 0 Å². The zero-order valence-electron chi connectivity index (χ0n) is 17.4. The minimum Gasteiger partial charge on any atom is -0.493 e. The van der Waals surface area contributed by atoms with E-state index in [9.17, 15) is 19.7 Å². The monoisotopic (exact) mass is 482 g/mol. The summed E-state index contributed by atoms with van der Waals surface area (Å²) in [6, 6.07) is 15.0. The Morgan fingerprint density at radius 1 is 1.12 bits per heavy atom. The van der Waals surface area contributed by atoms with Crippen LogP contribution in [0.3, 0.4) is 0 Å². The average molecular weight is 483 g/mol. The first-order valence-electron chi connectivity index (χ1n) is 9.61. The Bertz CT molecular complexity index is 1450. The maximum Gasteiger partial charge on any atom is 0.439 e. The number of nitro benzene ring substituents is 1. The predicted molar refractivity (Wildman–Crippen MR) is 122 cm³/mol. The summed E-state index contributed by atoms with van der Waals surface area (Å²) >= 11 is 5.84. The molecule has 34 heavy (non-hydrogen) atoms. The average Bonchev–Trinajstić information content (AvgIpc) is 3.26. The topological polar surface area (TPSA) is 150 Å². The Kier molecular flexibility index (Phi) is 6.28. The third-order valence-electron chi connectivity index (χ3n) is 4.60. The van der Waals surface area contributed by atoms with E-state index in [0.29, 0.717) is 11.3 Å². The first kappa shape index (κ1) is 22.6. The van der Waals surface area contributed by atoms with Gasteiger partial charge in [0.25, 0.3) is 5.91 Å². The minimum atomic E-state index is -0.692. The summed E-state index contributed by atoms with van der Waals surface area (Å²) in [7, 11) is 1.38. The van der Waals surface area contributed by atoms with E-state index in [2.05, 4.69) is 20.0 Å². The van der Waals surface area contributed by atoms with Crippen LogP contribution in [-0.4, -0.2) is 28.1 Å². The Morgan fingerprint density at radius 3 is 2.62 bits per heavy atom. The zero-order chi connectivity index (χ0) is 24.2. The summed E-state index contributed by atoms with van der Waals surface area (Å²) in [4.78, 5) is 37.1. The van der Waals surface area contributed by atoms with E-state index in [0.717, 1.165) is 0 Å². The first-order valence-corrected chi connectivity index (χ1v) is 9.99. The number of carbonyl (C=O) groups is 1. The molecule has 0 bridgehead atoms. The number of ether oxygens (including phenoxy) is 2. The number of aromatic nitrogens is 2. The molecule has 12 heteroatoms. The van der Waals surface area contributed by atoms with E-state index in [1.54, 1.807) is 24.3 Å². The summed E-state index contributed by atoms with van der Waals surface area (Å²) in [5.74, 6) is -0.601. The van der Waals surface area contributed by atoms with Crippen molar-refractivity contribution in [1.82, 2.24) is 10.1 Å². The van der Waals surface area contributed by atoms with Gasteiger partial charge in [0.2, 0.25) is 5.75 Å². The van der Waals surface area contributed by atoms with Gasteiger partial charge in [0.05, 0.1) is 12.0 Å². The third kappa shape index (κ3) is 4.89. The van der Waals surface area contributed by atoms with Gasteiger partial charge in [0.1, 0.15) is 0 Å². The van der Waals surface area contributed by atoms with Crippen molar-refractivity contribution in [3.8, 4) is 28.6 Å². The van der Waals surface area contributed by atoms with Crippen LogP contribution in [0.4, 0.5) is 11.4 Å². The van der Waals surface area contributed by atoms with Gasteiger partial charge in [-0.25, -0.2) is 4.79 Å². The summed E-state index contributed by atoms with van der Waals surface area (Å²) < 4.78 is 15.5. The van der Waals surface area contributed by atoms with Gasteiger partial charge >= 0.3 is 11.4 Å². The lowest BCUT2D eigenvalue weighted by Gasteiger charge is -2.12. The zero-order valence-corrected chi connectivity index (χ0v) is 18.2.